The number of H-pyrrole nitrogens is 1. The molecular weight excluding hydrogens is 178 g/mol. The third-order valence-electron chi connectivity index (χ3n) is 1.03. The summed E-state index contributed by atoms with van der Waals surface area (Å²) in [6.45, 7) is 1.62. The number of aryl methyl sites for hydroxylation is 1. The van der Waals surface area contributed by atoms with Crippen LogP contribution in [-0.4, -0.2) is 21.4 Å². The van der Waals surface area contributed by atoms with E-state index in [0.717, 1.165) is 0 Å². The van der Waals surface area contributed by atoms with Crippen LogP contribution in [0.3, 0.4) is 0 Å². The maximum absolute atomic E-state index is 10.8. The highest BCUT2D eigenvalue weighted by Gasteiger charge is 1.95. The number of aromatic nitrogens is 3. The maximum Gasteiger partial charge on any atom is 0.273 e. The lowest BCUT2D eigenvalue weighted by molar-refractivity contribution is 0.791. The molecule has 0 unspecified atom stereocenters. The van der Waals surface area contributed by atoms with E-state index in [9.17, 15) is 4.79 Å². The average Bonchev–Trinajstić information content (AvgIpc) is 2.13. The van der Waals surface area contributed by atoms with E-state index < -0.39 is 0 Å². The molecule has 0 aliphatic rings. The highest BCUT2D eigenvalue weighted by atomic mass is 32.2. The minimum Gasteiger partial charge on any atom is -0.298 e. The molecule has 7 heteroatoms. The second-order valence-corrected chi connectivity index (χ2v) is 2.54. The lowest BCUT2D eigenvalue weighted by Crippen LogP contribution is -2.13. The summed E-state index contributed by atoms with van der Waals surface area (Å²) in [4.78, 5) is 13.4. The Morgan fingerprint density at radius 3 is 2.42 bits per heavy atom. The zero-order valence-electron chi connectivity index (χ0n) is 6.87. The van der Waals surface area contributed by atoms with E-state index in [-0.39, 0.29) is 5.56 Å². The van der Waals surface area contributed by atoms with Crippen LogP contribution in [0, 0.1) is 6.92 Å². The summed E-state index contributed by atoms with van der Waals surface area (Å²) in [7, 11) is 0. The topological polar surface area (TPSA) is 111 Å². The molecule has 68 valence electrons. The lowest BCUT2D eigenvalue weighted by Gasteiger charge is -1.92. The summed E-state index contributed by atoms with van der Waals surface area (Å²) in [5.41, 5.74) is 0.233. The molecule has 0 spiro atoms. The van der Waals surface area contributed by atoms with Crippen LogP contribution in [0.25, 0.3) is 0 Å². The molecule has 0 bridgehead atoms. The van der Waals surface area contributed by atoms with Crippen LogP contribution < -0.4 is 17.2 Å². The zero-order chi connectivity index (χ0) is 9.56. The van der Waals surface area contributed by atoms with E-state index in [4.69, 9.17) is 0 Å². The molecule has 0 saturated heterocycles. The van der Waals surface area contributed by atoms with Crippen molar-refractivity contribution in [2.45, 2.75) is 12.1 Å². The summed E-state index contributed by atoms with van der Waals surface area (Å²) in [6.07, 6.45) is 1.83. The van der Waals surface area contributed by atoms with Crippen molar-refractivity contribution in [2.24, 2.45) is 11.7 Å². The van der Waals surface area contributed by atoms with Crippen molar-refractivity contribution in [3.63, 3.8) is 0 Å². The first-order valence-corrected chi connectivity index (χ1v) is 4.27. The number of hydrazine groups is 1. The standard InChI is InChI=1S/C5H7N3OS.H4N2/c1-3-4(9)6-5(10-2)8-7-3;1-2/h1-2H3,(H,6,8,9);1-2H2. The summed E-state index contributed by atoms with van der Waals surface area (Å²) in [6, 6.07) is 0. The number of aromatic amines is 1. The molecule has 1 aromatic rings. The van der Waals surface area contributed by atoms with Gasteiger partial charge in [0, 0.05) is 0 Å². The van der Waals surface area contributed by atoms with E-state index in [1.807, 2.05) is 6.26 Å². The number of nitrogens with two attached hydrogens (primary N) is 2. The fourth-order valence-electron chi connectivity index (χ4n) is 0.470. The Bertz CT molecular complexity index is 285. The molecule has 0 atom stereocenters. The normalized spacial score (nSPS) is 8.67. The molecular formula is C5H11N5OS. The lowest BCUT2D eigenvalue weighted by atomic mass is 10.5. The van der Waals surface area contributed by atoms with Gasteiger partial charge in [0.2, 0.25) is 0 Å². The molecule has 12 heavy (non-hydrogen) atoms. The van der Waals surface area contributed by atoms with E-state index in [1.54, 1.807) is 6.92 Å². The first-order chi connectivity index (χ1) is 5.74. The van der Waals surface area contributed by atoms with Crippen LogP contribution >= 0.6 is 11.8 Å². The van der Waals surface area contributed by atoms with Gasteiger partial charge in [0.15, 0.2) is 5.16 Å². The van der Waals surface area contributed by atoms with E-state index in [0.29, 0.717) is 10.9 Å². The van der Waals surface area contributed by atoms with Gasteiger partial charge in [-0.1, -0.05) is 11.8 Å². The summed E-state index contributed by atoms with van der Waals surface area (Å²) >= 11 is 1.36. The highest BCUT2D eigenvalue weighted by Crippen LogP contribution is 2.01. The van der Waals surface area contributed by atoms with Gasteiger partial charge in [0.05, 0.1) is 0 Å². The van der Waals surface area contributed by atoms with Crippen LogP contribution in [0.1, 0.15) is 5.69 Å². The predicted molar refractivity (Wildman–Crippen MR) is 47.5 cm³/mol. The van der Waals surface area contributed by atoms with Gasteiger partial charge >= 0.3 is 0 Å². The van der Waals surface area contributed by atoms with Crippen molar-refractivity contribution in [1.82, 2.24) is 15.2 Å². The fourth-order valence-corrected chi connectivity index (χ4v) is 0.787. The van der Waals surface area contributed by atoms with Gasteiger partial charge in [-0.15, -0.1) is 10.2 Å². The largest absolute Gasteiger partial charge is 0.298 e. The molecule has 0 aliphatic heterocycles. The summed E-state index contributed by atoms with van der Waals surface area (Å²) in [5, 5.41) is 7.90. The third kappa shape index (κ3) is 2.99. The molecule has 6 nitrogen and oxygen atoms in total. The van der Waals surface area contributed by atoms with E-state index >= 15 is 0 Å². The van der Waals surface area contributed by atoms with E-state index in [2.05, 4.69) is 26.9 Å². The zero-order valence-corrected chi connectivity index (χ0v) is 7.68. The fraction of sp³-hybridized carbons (Fsp3) is 0.400. The molecule has 5 N–H and O–H groups in total. The maximum atomic E-state index is 10.8. The Labute approximate surface area is 73.7 Å². The molecule has 0 aromatic carbocycles. The summed E-state index contributed by atoms with van der Waals surface area (Å²) in [5.74, 6) is 8.00. The smallest absolute Gasteiger partial charge is 0.273 e. The number of nitrogens with zero attached hydrogens (tertiary/aromatic N) is 2. The monoisotopic (exact) mass is 189 g/mol. The third-order valence-corrected chi connectivity index (χ3v) is 1.60. The number of nitrogens with one attached hydrogen (secondary N) is 1. The van der Waals surface area contributed by atoms with Crippen molar-refractivity contribution in [3.8, 4) is 0 Å². The van der Waals surface area contributed by atoms with Gasteiger partial charge in [0.25, 0.3) is 5.56 Å². The molecule has 1 aromatic heterocycles. The number of rotatable bonds is 1. The predicted octanol–water partition coefficient (Wildman–Crippen LogP) is -0.986. The second-order valence-electron chi connectivity index (χ2n) is 1.75. The SMILES string of the molecule is CSc1nnc(C)c(=O)[nH]1.NN. The second kappa shape index (κ2) is 5.70. The van der Waals surface area contributed by atoms with Crippen LogP contribution in [-0.2, 0) is 0 Å². The van der Waals surface area contributed by atoms with Gasteiger partial charge in [-0.25, -0.2) is 0 Å². The van der Waals surface area contributed by atoms with Crippen molar-refractivity contribution in [3.05, 3.63) is 16.0 Å². The summed E-state index contributed by atoms with van der Waals surface area (Å²) < 4.78 is 0. The first kappa shape index (κ1) is 11.1. The number of hydrogen-bond donors (Lipinski definition) is 3. The van der Waals surface area contributed by atoms with Gasteiger partial charge in [0.1, 0.15) is 5.69 Å². The number of hydrogen-bond acceptors (Lipinski definition) is 6. The molecule has 0 amide bonds. The Kier molecular flexibility index (Phi) is 5.26. The quantitative estimate of drug-likeness (QED) is 0.297. The molecule has 0 aliphatic carbocycles. The van der Waals surface area contributed by atoms with Crippen molar-refractivity contribution < 1.29 is 0 Å². The van der Waals surface area contributed by atoms with Gasteiger partial charge < -0.3 is 0 Å². The van der Waals surface area contributed by atoms with Gasteiger partial charge in [-0.3, -0.25) is 21.5 Å². The van der Waals surface area contributed by atoms with Crippen molar-refractivity contribution in [2.75, 3.05) is 6.26 Å². The van der Waals surface area contributed by atoms with Crippen molar-refractivity contribution in [1.29, 1.82) is 0 Å². The molecule has 1 heterocycles. The molecule has 0 radical (unpaired) electrons. The minimum absolute atomic E-state index is 0.167. The minimum atomic E-state index is -0.167. The molecule has 0 saturated carbocycles. The molecule has 0 fully saturated rings. The van der Waals surface area contributed by atoms with Crippen LogP contribution in [0.15, 0.2) is 9.95 Å². The van der Waals surface area contributed by atoms with Crippen LogP contribution in [0.5, 0.6) is 0 Å². The Morgan fingerprint density at radius 2 is 2.00 bits per heavy atom. The van der Waals surface area contributed by atoms with Crippen LogP contribution in [0.2, 0.25) is 0 Å². The van der Waals surface area contributed by atoms with Gasteiger partial charge in [-0.05, 0) is 13.2 Å². The Balaban J connectivity index is 0.000000561. The number of thioether (sulfide) groups is 1. The highest BCUT2D eigenvalue weighted by molar-refractivity contribution is 7.98. The molecule has 1 rings (SSSR count). The Morgan fingerprint density at radius 1 is 1.42 bits per heavy atom. The van der Waals surface area contributed by atoms with Crippen LogP contribution in [0.4, 0.5) is 0 Å². The van der Waals surface area contributed by atoms with Gasteiger partial charge in [-0.2, -0.15) is 0 Å². The average molecular weight is 189 g/mol. The Hall–Kier alpha value is -0.920. The van der Waals surface area contributed by atoms with E-state index in [1.165, 1.54) is 11.8 Å². The van der Waals surface area contributed by atoms with Crippen molar-refractivity contribution >= 4 is 11.8 Å². The first-order valence-electron chi connectivity index (χ1n) is 3.05.